The van der Waals surface area contributed by atoms with Crippen LogP contribution in [0.25, 0.3) is 0 Å². The van der Waals surface area contributed by atoms with Crippen molar-refractivity contribution in [2.24, 2.45) is 11.3 Å². The van der Waals surface area contributed by atoms with Crippen LogP contribution in [0, 0.1) is 11.3 Å². The van der Waals surface area contributed by atoms with Crippen LogP contribution in [0.2, 0.25) is 0 Å². The van der Waals surface area contributed by atoms with E-state index in [-0.39, 0.29) is 0 Å². The van der Waals surface area contributed by atoms with Crippen LogP contribution in [0.5, 0.6) is 0 Å². The van der Waals surface area contributed by atoms with Gasteiger partial charge in [0.25, 0.3) is 0 Å². The number of hydrogen-bond acceptors (Lipinski definition) is 2. The van der Waals surface area contributed by atoms with Crippen LogP contribution < -0.4 is 0 Å². The van der Waals surface area contributed by atoms with Gasteiger partial charge in [-0.05, 0) is 57.4 Å². The summed E-state index contributed by atoms with van der Waals surface area (Å²) >= 11 is 0. The smallest absolute Gasteiger partial charge is 0.0471 e. The predicted molar refractivity (Wildman–Crippen MR) is 72.2 cm³/mol. The Bertz CT molecular complexity index is 243. The molecule has 100 valence electrons. The lowest BCUT2D eigenvalue weighted by Crippen LogP contribution is -2.53. The van der Waals surface area contributed by atoms with Crippen molar-refractivity contribution >= 4 is 0 Å². The van der Waals surface area contributed by atoms with E-state index in [1.165, 1.54) is 32.2 Å². The van der Waals surface area contributed by atoms with Crippen molar-refractivity contribution in [3.63, 3.8) is 0 Å². The lowest BCUT2D eigenvalue weighted by molar-refractivity contribution is -0.0564. The average molecular weight is 239 g/mol. The molecule has 0 N–H and O–H groups in total. The van der Waals surface area contributed by atoms with Gasteiger partial charge in [0.05, 0.1) is 0 Å². The fourth-order valence-corrected chi connectivity index (χ4v) is 3.71. The molecule has 17 heavy (non-hydrogen) atoms. The van der Waals surface area contributed by atoms with Gasteiger partial charge in [0.2, 0.25) is 0 Å². The van der Waals surface area contributed by atoms with Gasteiger partial charge in [0.15, 0.2) is 0 Å². The predicted octanol–water partition coefficient (Wildman–Crippen LogP) is 3.31. The van der Waals surface area contributed by atoms with Crippen LogP contribution in [-0.4, -0.2) is 36.7 Å². The van der Waals surface area contributed by atoms with Crippen LogP contribution in [-0.2, 0) is 4.74 Å². The summed E-state index contributed by atoms with van der Waals surface area (Å²) in [6.07, 6.45) is 5.37. The Hall–Kier alpha value is -0.0800. The normalized spacial score (nSPS) is 30.4. The van der Waals surface area contributed by atoms with Gasteiger partial charge >= 0.3 is 0 Å². The van der Waals surface area contributed by atoms with E-state index in [1.54, 1.807) is 0 Å². The van der Waals surface area contributed by atoms with Crippen molar-refractivity contribution in [3.8, 4) is 0 Å². The highest BCUT2D eigenvalue weighted by Gasteiger charge is 2.42. The first-order chi connectivity index (χ1) is 8.04. The van der Waals surface area contributed by atoms with Gasteiger partial charge in [-0.2, -0.15) is 0 Å². The fourth-order valence-electron chi connectivity index (χ4n) is 3.71. The van der Waals surface area contributed by atoms with Crippen molar-refractivity contribution in [1.29, 1.82) is 0 Å². The van der Waals surface area contributed by atoms with Gasteiger partial charge in [0, 0.05) is 25.3 Å². The Labute approximate surface area is 107 Å². The second-order valence-corrected chi connectivity index (χ2v) is 6.71. The van der Waals surface area contributed by atoms with E-state index in [2.05, 4.69) is 32.6 Å². The van der Waals surface area contributed by atoms with Crippen LogP contribution in [0.4, 0.5) is 0 Å². The highest BCUT2D eigenvalue weighted by Crippen LogP contribution is 2.44. The highest BCUT2D eigenvalue weighted by molar-refractivity contribution is 4.94. The third-order valence-electron chi connectivity index (χ3n) is 4.95. The first-order valence-corrected chi connectivity index (χ1v) is 7.38. The summed E-state index contributed by atoms with van der Waals surface area (Å²) < 4.78 is 5.55. The van der Waals surface area contributed by atoms with Crippen molar-refractivity contribution in [2.75, 3.05) is 19.8 Å². The van der Waals surface area contributed by atoms with Gasteiger partial charge in [-0.3, -0.25) is 4.90 Å². The van der Waals surface area contributed by atoms with Crippen LogP contribution in [0.1, 0.15) is 53.4 Å². The monoisotopic (exact) mass is 239 g/mol. The number of likely N-dealkylation sites (tertiary alicyclic amines) is 1. The van der Waals surface area contributed by atoms with Gasteiger partial charge < -0.3 is 4.74 Å². The molecule has 2 heterocycles. The quantitative estimate of drug-likeness (QED) is 0.733. The summed E-state index contributed by atoms with van der Waals surface area (Å²) in [5.74, 6) is 0.775. The van der Waals surface area contributed by atoms with Gasteiger partial charge in [0.1, 0.15) is 0 Å². The van der Waals surface area contributed by atoms with Crippen LogP contribution in [0.15, 0.2) is 0 Å². The molecule has 2 nitrogen and oxygen atoms in total. The first-order valence-electron chi connectivity index (χ1n) is 7.38. The zero-order valence-electron chi connectivity index (χ0n) is 12.0. The molecular formula is C15H29NO. The highest BCUT2D eigenvalue weighted by atomic mass is 16.5. The van der Waals surface area contributed by atoms with Gasteiger partial charge in [-0.1, -0.05) is 13.8 Å². The molecule has 0 aromatic heterocycles. The lowest BCUT2D eigenvalue weighted by atomic mass is 9.68. The van der Waals surface area contributed by atoms with Crippen molar-refractivity contribution in [2.45, 2.75) is 65.5 Å². The van der Waals surface area contributed by atoms with Crippen LogP contribution >= 0.6 is 0 Å². The van der Waals surface area contributed by atoms with E-state index in [0.29, 0.717) is 11.5 Å². The maximum Gasteiger partial charge on any atom is 0.0471 e. The first kappa shape index (κ1) is 13.4. The Morgan fingerprint density at radius 2 is 1.71 bits per heavy atom. The minimum Gasteiger partial charge on any atom is -0.381 e. The molecule has 0 aromatic rings. The number of ether oxygens (including phenoxy) is 1. The zero-order chi connectivity index (χ0) is 12.5. The number of nitrogens with zero attached hydrogens (tertiary/aromatic N) is 1. The average Bonchev–Trinajstić information content (AvgIpc) is 2.29. The summed E-state index contributed by atoms with van der Waals surface area (Å²) in [5.41, 5.74) is 0.610. The molecule has 2 heteroatoms. The number of piperidine rings is 1. The molecule has 1 unspecified atom stereocenters. The standard InChI is InChI=1S/C15H29NO/c1-12(2)14-11-15(6-9-17-10-7-15)5-8-16(14)13(3)4/h12-14H,5-11H2,1-4H3. The maximum atomic E-state index is 5.55. The molecule has 1 atom stereocenters. The minimum atomic E-state index is 0.610. The van der Waals surface area contributed by atoms with Crippen LogP contribution in [0.3, 0.4) is 0 Å². The Morgan fingerprint density at radius 1 is 1.06 bits per heavy atom. The maximum absolute atomic E-state index is 5.55. The van der Waals surface area contributed by atoms with E-state index in [9.17, 15) is 0 Å². The third-order valence-corrected chi connectivity index (χ3v) is 4.95. The molecule has 0 bridgehead atoms. The number of hydrogen-bond donors (Lipinski definition) is 0. The molecule has 2 aliphatic rings. The lowest BCUT2D eigenvalue weighted by Gasteiger charge is -2.51. The van der Waals surface area contributed by atoms with Crippen molar-refractivity contribution in [3.05, 3.63) is 0 Å². The summed E-state index contributed by atoms with van der Waals surface area (Å²) in [4.78, 5) is 2.73. The van der Waals surface area contributed by atoms with Gasteiger partial charge in [-0.25, -0.2) is 0 Å². The zero-order valence-corrected chi connectivity index (χ0v) is 12.0. The molecule has 0 radical (unpaired) electrons. The van der Waals surface area contributed by atoms with Crippen molar-refractivity contribution < 1.29 is 4.74 Å². The fraction of sp³-hybridized carbons (Fsp3) is 1.00. The molecule has 0 aliphatic carbocycles. The summed E-state index contributed by atoms with van der Waals surface area (Å²) in [7, 11) is 0. The van der Waals surface area contributed by atoms with E-state index < -0.39 is 0 Å². The largest absolute Gasteiger partial charge is 0.381 e. The van der Waals surface area contributed by atoms with E-state index in [0.717, 1.165) is 25.2 Å². The van der Waals surface area contributed by atoms with E-state index >= 15 is 0 Å². The molecule has 2 fully saturated rings. The van der Waals surface area contributed by atoms with E-state index in [1.807, 2.05) is 0 Å². The third kappa shape index (κ3) is 2.85. The minimum absolute atomic E-state index is 0.610. The summed E-state index contributed by atoms with van der Waals surface area (Å²) in [6.45, 7) is 12.7. The molecule has 2 saturated heterocycles. The van der Waals surface area contributed by atoms with Crippen molar-refractivity contribution in [1.82, 2.24) is 4.90 Å². The molecule has 0 amide bonds. The molecule has 0 aromatic carbocycles. The molecule has 0 saturated carbocycles. The second kappa shape index (κ2) is 5.27. The van der Waals surface area contributed by atoms with Gasteiger partial charge in [-0.15, -0.1) is 0 Å². The second-order valence-electron chi connectivity index (χ2n) is 6.71. The Kier molecular flexibility index (Phi) is 4.14. The number of rotatable bonds is 2. The molecule has 2 rings (SSSR count). The SMILES string of the molecule is CC(C)C1CC2(CCOCC2)CCN1C(C)C. The molecule has 1 spiro atoms. The Balaban J connectivity index is 2.07. The summed E-state index contributed by atoms with van der Waals surface area (Å²) in [6, 6.07) is 1.47. The molecular weight excluding hydrogens is 210 g/mol. The topological polar surface area (TPSA) is 12.5 Å². The summed E-state index contributed by atoms with van der Waals surface area (Å²) in [5, 5.41) is 0. The van der Waals surface area contributed by atoms with E-state index in [4.69, 9.17) is 4.74 Å². The molecule has 2 aliphatic heterocycles. The Morgan fingerprint density at radius 3 is 2.24 bits per heavy atom.